The molecule has 0 radical (unpaired) electrons. The van der Waals surface area contributed by atoms with Gasteiger partial charge in [0.15, 0.2) is 0 Å². The topological polar surface area (TPSA) is 38.1 Å². The lowest BCUT2D eigenvalue weighted by atomic mass is 10.2. The van der Waals surface area contributed by atoms with Crippen LogP contribution in [0.1, 0.15) is 6.42 Å². The lowest BCUT2D eigenvalue weighted by molar-refractivity contribution is -0.117. The molecule has 5 heteroatoms. The average molecular weight is 306 g/mol. The van der Waals surface area contributed by atoms with Crippen molar-refractivity contribution in [3.63, 3.8) is 0 Å². The molecule has 2 aromatic rings. The van der Waals surface area contributed by atoms with Crippen LogP contribution in [0.5, 0.6) is 0 Å². The third kappa shape index (κ3) is 2.06. The number of anilines is 1. The van der Waals surface area contributed by atoms with Gasteiger partial charge in [-0.3, -0.25) is 4.79 Å². The zero-order chi connectivity index (χ0) is 12.5. The summed E-state index contributed by atoms with van der Waals surface area (Å²) in [7, 11) is 0. The molecule has 1 unspecified atom stereocenters. The minimum Gasteiger partial charge on any atom is -0.311 e. The zero-order valence-corrected chi connectivity index (χ0v) is 11.2. The van der Waals surface area contributed by atoms with Gasteiger partial charge in [-0.15, -0.1) is 0 Å². The zero-order valence-electron chi connectivity index (χ0n) is 9.66. The highest BCUT2D eigenvalue weighted by Gasteiger charge is 2.28. The van der Waals surface area contributed by atoms with Crippen molar-refractivity contribution >= 4 is 27.5 Å². The van der Waals surface area contributed by atoms with Crippen LogP contribution in [0.2, 0.25) is 0 Å². The van der Waals surface area contributed by atoms with E-state index < -0.39 is 0 Å². The van der Waals surface area contributed by atoms with Crippen molar-refractivity contribution in [3.8, 4) is 5.69 Å². The van der Waals surface area contributed by atoms with Crippen molar-refractivity contribution in [2.24, 2.45) is 0 Å². The number of aromatic nitrogens is 2. The van der Waals surface area contributed by atoms with Gasteiger partial charge in [0.2, 0.25) is 5.91 Å². The van der Waals surface area contributed by atoms with Gasteiger partial charge < -0.3 is 9.47 Å². The maximum absolute atomic E-state index is 11.8. The van der Waals surface area contributed by atoms with E-state index in [1.54, 1.807) is 12.5 Å². The number of alkyl halides is 1. The molecule has 0 N–H and O–H groups in total. The first-order chi connectivity index (χ1) is 8.74. The van der Waals surface area contributed by atoms with Crippen molar-refractivity contribution in [1.82, 2.24) is 9.55 Å². The van der Waals surface area contributed by atoms with E-state index in [2.05, 4.69) is 20.9 Å². The van der Waals surface area contributed by atoms with E-state index in [1.807, 2.05) is 39.9 Å². The van der Waals surface area contributed by atoms with Crippen molar-refractivity contribution in [2.75, 3.05) is 11.4 Å². The summed E-state index contributed by atoms with van der Waals surface area (Å²) < 4.78 is 1.93. The van der Waals surface area contributed by atoms with Crippen LogP contribution in [0.3, 0.4) is 0 Å². The molecule has 1 atom stereocenters. The first-order valence-corrected chi connectivity index (χ1v) is 6.68. The first-order valence-electron chi connectivity index (χ1n) is 5.77. The van der Waals surface area contributed by atoms with E-state index in [9.17, 15) is 4.79 Å². The highest BCUT2D eigenvalue weighted by atomic mass is 79.9. The second kappa shape index (κ2) is 4.57. The van der Waals surface area contributed by atoms with E-state index >= 15 is 0 Å². The molecule has 1 aromatic carbocycles. The Bertz CT molecular complexity index is 550. The van der Waals surface area contributed by atoms with Crippen LogP contribution in [-0.2, 0) is 4.79 Å². The van der Waals surface area contributed by atoms with Crippen LogP contribution in [-0.4, -0.2) is 26.8 Å². The minimum atomic E-state index is 0.173. The number of nitrogens with zero attached hydrogens (tertiary/aromatic N) is 3. The molecular weight excluding hydrogens is 294 g/mol. The Balaban J connectivity index is 1.85. The number of imidazole rings is 1. The van der Waals surface area contributed by atoms with E-state index in [0.717, 1.165) is 17.9 Å². The summed E-state index contributed by atoms with van der Waals surface area (Å²) in [6, 6.07) is 7.92. The molecule has 0 aliphatic carbocycles. The van der Waals surface area contributed by atoms with Gasteiger partial charge in [0, 0.05) is 41.6 Å². The Morgan fingerprint density at radius 3 is 2.50 bits per heavy atom. The quantitative estimate of drug-likeness (QED) is 0.799. The van der Waals surface area contributed by atoms with Gasteiger partial charge in [0.05, 0.1) is 6.33 Å². The molecule has 18 heavy (non-hydrogen) atoms. The summed E-state index contributed by atoms with van der Waals surface area (Å²) in [5.74, 6) is 0.173. The Morgan fingerprint density at radius 1 is 1.22 bits per heavy atom. The number of carbonyl (C=O) groups is 1. The van der Waals surface area contributed by atoms with Gasteiger partial charge >= 0.3 is 0 Å². The number of halogens is 1. The third-order valence-electron chi connectivity index (χ3n) is 3.04. The Hall–Kier alpha value is -1.62. The Labute approximate surface area is 113 Å². The fourth-order valence-corrected chi connectivity index (χ4v) is 2.70. The molecule has 1 aliphatic heterocycles. The first kappa shape index (κ1) is 11.5. The van der Waals surface area contributed by atoms with Gasteiger partial charge in [0.1, 0.15) is 0 Å². The number of benzene rings is 1. The number of amides is 1. The number of hydrogen-bond acceptors (Lipinski definition) is 2. The normalized spacial score (nSPS) is 19.5. The molecule has 92 valence electrons. The monoisotopic (exact) mass is 305 g/mol. The molecule has 1 fully saturated rings. The number of rotatable bonds is 2. The van der Waals surface area contributed by atoms with Gasteiger partial charge in [-0.1, -0.05) is 15.9 Å². The van der Waals surface area contributed by atoms with Crippen molar-refractivity contribution < 1.29 is 4.79 Å². The summed E-state index contributed by atoms with van der Waals surface area (Å²) >= 11 is 3.49. The molecule has 4 nitrogen and oxygen atoms in total. The predicted molar refractivity (Wildman–Crippen MR) is 73.2 cm³/mol. The van der Waals surface area contributed by atoms with Crippen LogP contribution >= 0.6 is 15.9 Å². The fourth-order valence-electron chi connectivity index (χ4n) is 2.13. The summed E-state index contributed by atoms with van der Waals surface area (Å²) in [6.07, 6.45) is 5.96. The smallest absolute Gasteiger partial charge is 0.228 e. The second-order valence-electron chi connectivity index (χ2n) is 4.29. The third-order valence-corrected chi connectivity index (χ3v) is 3.66. The molecule has 0 bridgehead atoms. The SMILES string of the molecule is O=C1CC(Br)CN1c1ccc(-n2ccnc2)cc1. The number of carbonyl (C=O) groups excluding carboxylic acids is 1. The molecule has 1 saturated heterocycles. The number of hydrogen-bond donors (Lipinski definition) is 0. The molecule has 2 heterocycles. The molecule has 3 rings (SSSR count). The fraction of sp³-hybridized carbons (Fsp3) is 0.231. The van der Waals surface area contributed by atoms with Crippen LogP contribution < -0.4 is 4.90 Å². The highest BCUT2D eigenvalue weighted by molar-refractivity contribution is 9.09. The van der Waals surface area contributed by atoms with Crippen LogP contribution in [0.15, 0.2) is 43.0 Å². The van der Waals surface area contributed by atoms with Crippen LogP contribution in [0, 0.1) is 0 Å². The summed E-state index contributed by atoms with van der Waals surface area (Å²) in [4.78, 5) is 17.9. The van der Waals surface area contributed by atoms with E-state index in [0.29, 0.717) is 6.42 Å². The molecular formula is C13H12BrN3O. The van der Waals surface area contributed by atoms with E-state index in [-0.39, 0.29) is 10.7 Å². The van der Waals surface area contributed by atoms with E-state index in [4.69, 9.17) is 0 Å². The lowest BCUT2D eigenvalue weighted by Crippen LogP contribution is -2.24. The maximum Gasteiger partial charge on any atom is 0.228 e. The van der Waals surface area contributed by atoms with Gasteiger partial charge in [-0.25, -0.2) is 4.98 Å². The predicted octanol–water partition coefficient (Wildman–Crippen LogP) is 2.37. The molecule has 0 saturated carbocycles. The Morgan fingerprint density at radius 2 is 1.94 bits per heavy atom. The van der Waals surface area contributed by atoms with Gasteiger partial charge in [-0.05, 0) is 24.3 Å². The van der Waals surface area contributed by atoms with Crippen molar-refractivity contribution in [3.05, 3.63) is 43.0 Å². The highest BCUT2D eigenvalue weighted by Crippen LogP contribution is 2.25. The molecule has 1 amide bonds. The van der Waals surface area contributed by atoms with Crippen LogP contribution in [0.4, 0.5) is 5.69 Å². The van der Waals surface area contributed by atoms with Crippen molar-refractivity contribution in [1.29, 1.82) is 0 Å². The largest absolute Gasteiger partial charge is 0.311 e. The molecule has 0 spiro atoms. The van der Waals surface area contributed by atoms with Crippen molar-refractivity contribution in [2.45, 2.75) is 11.2 Å². The minimum absolute atomic E-state index is 0.173. The van der Waals surface area contributed by atoms with Crippen LogP contribution in [0.25, 0.3) is 5.69 Å². The van der Waals surface area contributed by atoms with Gasteiger partial charge in [-0.2, -0.15) is 0 Å². The molecule has 1 aliphatic rings. The molecule has 1 aromatic heterocycles. The Kier molecular flexibility index (Phi) is 2.91. The average Bonchev–Trinajstić information content (AvgIpc) is 2.99. The maximum atomic E-state index is 11.8. The van der Waals surface area contributed by atoms with Gasteiger partial charge in [0.25, 0.3) is 0 Å². The van der Waals surface area contributed by atoms with E-state index in [1.165, 1.54) is 0 Å². The second-order valence-corrected chi connectivity index (χ2v) is 5.59. The lowest BCUT2D eigenvalue weighted by Gasteiger charge is -2.16. The summed E-state index contributed by atoms with van der Waals surface area (Å²) in [6.45, 7) is 0.739. The summed E-state index contributed by atoms with van der Waals surface area (Å²) in [5, 5.41) is 0. The standard InChI is InChI=1S/C13H12BrN3O/c14-10-7-13(18)17(8-10)12-3-1-11(2-4-12)16-6-5-15-9-16/h1-6,9-10H,7-8H2. The summed E-state index contributed by atoms with van der Waals surface area (Å²) in [5.41, 5.74) is 1.99.